The summed E-state index contributed by atoms with van der Waals surface area (Å²) >= 11 is 0. The SMILES string of the molecule is CC(C)C(C)NCCN1CCCC1. The molecule has 1 heterocycles. The Hall–Kier alpha value is -0.0800. The summed E-state index contributed by atoms with van der Waals surface area (Å²) in [6.45, 7) is 11.8. The van der Waals surface area contributed by atoms with Crippen LogP contribution in [0, 0.1) is 5.92 Å². The quantitative estimate of drug-likeness (QED) is 0.700. The molecule has 0 aromatic carbocycles. The molecule has 0 radical (unpaired) electrons. The molecule has 0 bridgehead atoms. The lowest BCUT2D eigenvalue weighted by Gasteiger charge is -2.20. The van der Waals surface area contributed by atoms with E-state index in [0.29, 0.717) is 6.04 Å². The van der Waals surface area contributed by atoms with Crippen LogP contribution in [0.5, 0.6) is 0 Å². The van der Waals surface area contributed by atoms with Crippen molar-refractivity contribution in [3.63, 3.8) is 0 Å². The van der Waals surface area contributed by atoms with Crippen LogP contribution in [0.1, 0.15) is 33.6 Å². The zero-order valence-corrected chi connectivity index (χ0v) is 9.34. The van der Waals surface area contributed by atoms with E-state index in [9.17, 15) is 0 Å². The molecule has 1 aliphatic heterocycles. The molecule has 1 rings (SSSR count). The molecule has 0 spiro atoms. The molecule has 1 N–H and O–H groups in total. The molecule has 0 amide bonds. The molecule has 1 unspecified atom stereocenters. The fourth-order valence-corrected chi connectivity index (χ4v) is 1.69. The van der Waals surface area contributed by atoms with Crippen LogP contribution in [0.15, 0.2) is 0 Å². The summed E-state index contributed by atoms with van der Waals surface area (Å²) < 4.78 is 0. The Labute approximate surface area is 82.7 Å². The molecule has 78 valence electrons. The Morgan fingerprint density at radius 2 is 1.77 bits per heavy atom. The number of nitrogens with zero attached hydrogens (tertiary/aromatic N) is 1. The highest BCUT2D eigenvalue weighted by Gasteiger charge is 2.11. The molecular formula is C11H24N2. The van der Waals surface area contributed by atoms with Crippen LogP contribution in [0.25, 0.3) is 0 Å². The standard InChI is InChI=1S/C11H24N2/c1-10(2)11(3)12-6-9-13-7-4-5-8-13/h10-12H,4-9H2,1-3H3. The van der Waals surface area contributed by atoms with Gasteiger partial charge in [-0.2, -0.15) is 0 Å². The molecule has 1 fully saturated rings. The maximum absolute atomic E-state index is 3.57. The maximum atomic E-state index is 3.57. The van der Waals surface area contributed by atoms with Gasteiger partial charge < -0.3 is 10.2 Å². The summed E-state index contributed by atoms with van der Waals surface area (Å²) in [5.74, 6) is 0.749. The zero-order chi connectivity index (χ0) is 9.68. The van der Waals surface area contributed by atoms with Crippen molar-refractivity contribution in [1.29, 1.82) is 0 Å². The Morgan fingerprint density at radius 3 is 2.31 bits per heavy atom. The van der Waals surface area contributed by atoms with Crippen molar-refractivity contribution in [2.24, 2.45) is 5.92 Å². The Kier molecular flexibility index (Phi) is 4.74. The van der Waals surface area contributed by atoms with Crippen LogP contribution in [0.4, 0.5) is 0 Å². The average Bonchev–Trinajstić information content (AvgIpc) is 2.56. The minimum atomic E-state index is 0.655. The highest BCUT2D eigenvalue weighted by Crippen LogP contribution is 2.06. The van der Waals surface area contributed by atoms with E-state index in [2.05, 4.69) is 31.0 Å². The highest BCUT2D eigenvalue weighted by atomic mass is 15.2. The largest absolute Gasteiger partial charge is 0.313 e. The third kappa shape index (κ3) is 4.10. The number of rotatable bonds is 5. The molecule has 13 heavy (non-hydrogen) atoms. The van der Waals surface area contributed by atoms with Crippen LogP contribution in [-0.2, 0) is 0 Å². The molecule has 0 aromatic heterocycles. The van der Waals surface area contributed by atoms with Gasteiger partial charge in [-0.05, 0) is 38.8 Å². The van der Waals surface area contributed by atoms with Crippen molar-refractivity contribution < 1.29 is 0 Å². The van der Waals surface area contributed by atoms with Gasteiger partial charge in [0, 0.05) is 19.1 Å². The lowest BCUT2D eigenvalue weighted by atomic mass is 10.1. The Morgan fingerprint density at radius 1 is 1.15 bits per heavy atom. The van der Waals surface area contributed by atoms with Gasteiger partial charge in [0.1, 0.15) is 0 Å². The van der Waals surface area contributed by atoms with Crippen LogP contribution < -0.4 is 5.32 Å². The van der Waals surface area contributed by atoms with Crippen LogP contribution in [0.2, 0.25) is 0 Å². The van der Waals surface area contributed by atoms with E-state index in [1.165, 1.54) is 32.5 Å². The molecule has 2 nitrogen and oxygen atoms in total. The topological polar surface area (TPSA) is 15.3 Å². The van der Waals surface area contributed by atoms with E-state index in [-0.39, 0.29) is 0 Å². The molecule has 1 saturated heterocycles. The third-order valence-corrected chi connectivity index (χ3v) is 3.09. The third-order valence-electron chi connectivity index (χ3n) is 3.09. The van der Waals surface area contributed by atoms with E-state index in [0.717, 1.165) is 12.5 Å². The second kappa shape index (κ2) is 5.61. The van der Waals surface area contributed by atoms with Crippen molar-refractivity contribution in [2.75, 3.05) is 26.2 Å². The van der Waals surface area contributed by atoms with Crippen molar-refractivity contribution in [1.82, 2.24) is 10.2 Å². The normalized spacial score (nSPS) is 21.2. The summed E-state index contributed by atoms with van der Waals surface area (Å²) in [5.41, 5.74) is 0. The Bertz CT molecular complexity index is 126. The zero-order valence-electron chi connectivity index (χ0n) is 9.34. The van der Waals surface area contributed by atoms with Gasteiger partial charge in [0.2, 0.25) is 0 Å². The fourth-order valence-electron chi connectivity index (χ4n) is 1.69. The van der Waals surface area contributed by atoms with E-state index in [1.54, 1.807) is 0 Å². The van der Waals surface area contributed by atoms with Crippen molar-refractivity contribution in [3.8, 4) is 0 Å². The number of nitrogens with one attached hydrogen (secondary N) is 1. The van der Waals surface area contributed by atoms with Gasteiger partial charge >= 0.3 is 0 Å². The first kappa shape index (κ1) is 11.0. The Balaban J connectivity index is 1.99. The molecule has 0 aliphatic carbocycles. The molecule has 0 aromatic rings. The van der Waals surface area contributed by atoms with Crippen molar-refractivity contribution in [2.45, 2.75) is 39.7 Å². The van der Waals surface area contributed by atoms with Crippen LogP contribution in [0.3, 0.4) is 0 Å². The predicted molar refractivity (Wildman–Crippen MR) is 58.0 cm³/mol. The van der Waals surface area contributed by atoms with Gasteiger partial charge in [-0.15, -0.1) is 0 Å². The minimum absolute atomic E-state index is 0.655. The van der Waals surface area contributed by atoms with E-state index < -0.39 is 0 Å². The maximum Gasteiger partial charge on any atom is 0.0107 e. The summed E-state index contributed by atoms with van der Waals surface area (Å²) in [6.07, 6.45) is 2.81. The lowest BCUT2D eigenvalue weighted by molar-refractivity contribution is 0.318. The van der Waals surface area contributed by atoms with Crippen LogP contribution >= 0.6 is 0 Å². The first-order chi connectivity index (χ1) is 6.20. The van der Waals surface area contributed by atoms with E-state index in [4.69, 9.17) is 0 Å². The second-order valence-corrected chi connectivity index (χ2v) is 4.54. The fraction of sp³-hybridized carbons (Fsp3) is 1.00. The number of likely N-dealkylation sites (tertiary alicyclic amines) is 1. The van der Waals surface area contributed by atoms with Gasteiger partial charge in [0.15, 0.2) is 0 Å². The average molecular weight is 184 g/mol. The van der Waals surface area contributed by atoms with E-state index >= 15 is 0 Å². The monoisotopic (exact) mass is 184 g/mol. The molecule has 2 heteroatoms. The molecule has 0 saturated carbocycles. The predicted octanol–water partition coefficient (Wildman–Crippen LogP) is 1.72. The summed E-state index contributed by atoms with van der Waals surface area (Å²) in [7, 11) is 0. The number of hydrogen-bond acceptors (Lipinski definition) is 2. The molecular weight excluding hydrogens is 160 g/mol. The second-order valence-electron chi connectivity index (χ2n) is 4.54. The van der Waals surface area contributed by atoms with Gasteiger partial charge in [0.05, 0.1) is 0 Å². The van der Waals surface area contributed by atoms with Crippen molar-refractivity contribution >= 4 is 0 Å². The molecule has 1 aliphatic rings. The van der Waals surface area contributed by atoms with Gasteiger partial charge in [-0.25, -0.2) is 0 Å². The number of hydrogen-bond donors (Lipinski definition) is 1. The molecule has 1 atom stereocenters. The summed E-state index contributed by atoms with van der Waals surface area (Å²) in [6, 6.07) is 0.655. The smallest absolute Gasteiger partial charge is 0.0107 e. The van der Waals surface area contributed by atoms with Gasteiger partial charge in [0.25, 0.3) is 0 Å². The van der Waals surface area contributed by atoms with Gasteiger partial charge in [-0.3, -0.25) is 0 Å². The lowest BCUT2D eigenvalue weighted by Crippen LogP contribution is -2.37. The highest BCUT2D eigenvalue weighted by molar-refractivity contribution is 4.69. The first-order valence-electron chi connectivity index (χ1n) is 5.66. The van der Waals surface area contributed by atoms with Crippen molar-refractivity contribution in [3.05, 3.63) is 0 Å². The summed E-state index contributed by atoms with van der Waals surface area (Å²) in [4.78, 5) is 2.56. The first-order valence-corrected chi connectivity index (χ1v) is 5.66. The van der Waals surface area contributed by atoms with E-state index in [1.807, 2.05) is 0 Å². The minimum Gasteiger partial charge on any atom is -0.313 e. The summed E-state index contributed by atoms with van der Waals surface area (Å²) in [5, 5.41) is 3.57. The van der Waals surface area contributed by atoms with Crippen LogP contribution in [-0.4, -0.2) is 37.1 Å². The van der Waals surface area contributed by atoms with Gasteiger partial charge in [-0.1, -0.05) is 13.8 Å².